The number of benzene rings is 2. The number of nitrogens with one attached hydrogen (secondary N) is 1. The zero-order chi connectivity index (χ0) is 14.7. The summed E-state index contributed by atoms with van der Waals surface area (Å²) in [5, 5.41) is 2.91. The summed E-state index contributed by atoms with van der Waals surface area (Å²) >= 11 is 0. The fourth-order valence-electron chi connectivity index (χ4n) is 2.71. The van der Waals surface area contributed by atoms with E-state index in [9.17, 15) is 9.18 Å². The number of carbonyl (C=O) groups is 1. The molecule has 0 radical (unpaired) electrons. The lowest BCUT2D eigenvalue weighted by molar-refractivity contribution is -0.122. The molecule has 1 saturated carbocycles. The Hall–Kier alpha value is -2.16. The molecule has 0 spiro atoms. The monoisotopic (exact) mass is 283 g/mol. The van der Waals surface area contributed by atoms with Crippen molar-refractivity contribution < 1.29 is 9.18 Å². The highest BCUT2D eigenvalue weighted by molar-refractivity contribution is 5.82. The van der Waals surface area contributed by atoms with E-state index in [2.05, 4.69) is 17.4 Å². The number of halogens is 1. The van der Waals surface area contributed by atoms with Crippen molar-refractivity contribution in [3.8, 4) is 0 Å². The van der Waals surface area contributed by atoms with E-state index in [1.54, 1.807) is 12.1 Å². The second-order valence-electron chi connectivity index (χ2n) is 5.49. The zero-order valence-electron chi connectivity index (χ0n) is 11.8. The topological polar surface area (TPSA) is 29.1 Å². The first-order chi connectivity index (χ1) is 10.3. The SMILES string of the molecule is O=C(NCCc1ccccc1F)C1CC1c1ccccc1. The molecule has 108 valence electrons. The van der Waals surface area contributed by atoms with Gasteiger partial charge in [-0.05, 0) is 36.0 Å². The Morgan fingerprint density at radius 3 is 2.57 bits per heavy atom. The van der Waals surface area contributed by atoms with Crippen LogP contribution in [0.5, 0.6) is 0 Å². The van der Waals surface area contributed by atoms with Crippen molar-refractivity contribution in [1.29, 1.82) is 0 Å². The lowest BCUT2D eigenvalue weighted by Gasteiger charge is -2.06. The molecule has 0 bridgehead atoms. The average Bonchev–Trinajstić information content (AvgIpc) is 3.31. The lowest BCUT2D eigenvalue weighted by atomic mass is 10.1. The van der Waals surface area contributed by atoms with E-state index in [1.165, 1.54) is 11.6 Å². The molecule has 21 heavy (non-hydrogen) atoms. The minimum absolute atomic E-state index is 0.0769. The van der Waals surface area contributed by atoms with Gasteiger partial charge in [0.1, 0.15) is 5.82 Å². The summed E-state index contributed by atoms with van der Waals surface area (Å²) in [6.45, 7) is 0.484. The van der Waals surface area contributed by atoms with E-state index in [1.807, 2.05) is 24.3 Å². The zero-order valence-corrected chi connectivity index (χ0v) is 11.8. The highest BCUT2D eigenvalue weighted by Gasteiger charge is 2.43. The first-order valence-corrected chi connectivity index (χ1v) is 7.32. The third-order valence-electron chi connectivity index (χ3n) is 4.01. The Morgan fingerprint density at radius 1 is 1.10 bits per heavy atom. The number of amides is 1. The maximum absolute atomic E-state index is 13.5. The summed E-state index contributed by atoms with van der Waals surface area (Å²) in [4.78, 5) is 12.1. The molecule has 3 rings (SSSR count). The van der Waals surface area contributed by atoms with E-state index in [0.717, 1.165) is 6.42 Å². The highest BCUT2D eigenvalue weighted by Crippen LogP contribution is 2.47. The quantitative estimate of drug-likeness (QED) is 0.896. The predicted molar refractivity (Wildman–Crippen MR) is 80.4 cm³/mol. The van der Waals surface area contributed by atoms with Gasteiger partial charge in [0.15, 0.2) is 0 Å². The van der Waals surface area contributed by atoms with Crippen LogP contribution >= 0.6 is 0 Å². The van der Waals surface area contributed by atoms with Gasteiger partial charge < -0.3 is 5.32 Å². The molecule has 3 heteroatoms. The Balaban J connectivity index is 1.47. The van der Waals surface area contributed by atoms with Crippen molar-refractivity contribution in [3.63, 3.8) is 0 Å². The number of carbonyl (C=O) groups excluding carboxylic acids is 1. The molecular weight excluding hydrogens is 265 g/mol. The smallest absolute Gasteiger partial charge is 0.223 e. The molecule has 2 unspecified atom stereocenters. The van der Waals surface area contributed by atoms with Gasteiger partial charge in [-0.15, -0.1) is 0 Å². The highest BCUT2D eigenvalue weighted by atomic mass is 19.1. The largest absolute Gasteiger partial charge is 0.356 e. The van der Waals surface area contributed by atoms with Gasteiger partial charge in [0.2, 0.25) is 5.91 Å². The summed E-state index contributed by atoms with van der Waals surface area (Å²) in [5.74, 6) is 0.299. The minimum Gasteiger partial charge on any atom is -0.356 e. The van der Waals surface area contributed by atoms with Crippen LogP contribution in [0.25, 0.3) is 0 Å². The number of hydrogen-bond acceptors (Lipinski definition) is 1. The van der Waals surface area contributed by atoms with Crippen LogP contribution in [0.2, 0.25) is 0 Å². The molecule has 1 N–H and O–H groups in total. The third-order valence-corrected chi connectivity index (χ3v) is 4.01. The summed E-state index contributed by atoms with van der Waals surface area (Å²) in [7, 11) is 0. The van der Waals surface area contributed by atoms with Gasteiger partial charge in [0, 0.05) is 12.5 Å². The van der Waals surface area contributed by atoms with Gasteiger partial charge >= 0.3 is 0 Å². The van der Waals surface area contributed by atoms with Gasteiger partial charge in [-0.2, -0.15) is 0 Å². The Kier molecular flexibility index (Phi) is 4.00. The Morgan fingerprint density at radius 2 is 1.81 bits per heavy atom. The van der Waals surface area contributed by atoms with Crippen LogP contribution in [0, 0.1) is 11.7 Å². The normalized spacial score (nSPS) is 20.0. The molecule has 1 aliphatic carbocycles. The van der Waals surface area contributed by atoms with Crippen molar-refractivity contribution in [3.05, 3.63) is 71.5 Å². The molecule has 2 aromatic carbocycles. The molecule has 0 aromatic heterocycles. The molecule has 0 heterocycles. The summed E-state index contributed by atoms with van der Waals surface area (Å²) in [6.07, 6.45) is 1.44. The molecule has 2 aromatic rings. The Bertz CT molecular complexity index is 626. The van der Waals surface area contributed by atoms with Gasteiger partial charge in [-0.25, -0.2) is 4.39 Å². The van der Waals surface area contributed by atoms with Gasteiger partial charge in [-0.3, -0.25) is 4.79 Å². The fraction of sp³-hybridized carbons (Fsp3) is 0.278. The van der Waals surface area contributed by atoms with E-state index in [0.29, 0.717) is 24.4 Å². The fourth-order valence-corrected chi connectivity index (χ4v) is 2.71. The van der Waals surface area contributed by atoms with Crippen LogP contribution in [-0.2, 0) is 11.2 Å². The van der Waals surface area contributed by atoms with E-state index < -0.39 is 0 Å². The third kappa shape index (κ3) is 3.30. The first-order valence-electron chi connectivity index (χ1n) is 7.32. The van der Waals surface area contributed by atoms with Crippen molar-refractivity contribution in [2.24, 2.45) is 5.92 Å². The standard InChI is InChI=1S/C18H18FNO/c19-17-9-5-4-8-14(17)10-11-20-18(21)16-12-15(16)13-6-2-1-3-7-13/h1-9,15-16H,10-12H2,(H,20,21). The van der Waals surface area contributed by atoms with Crippen LogP contribution in [-0.4, -0.2) is 12.5 Å². The lowest BCUT2D eigenvalue weighted by Crippen LogP contribution is -2.27. The average molecular weight is 283 g/mol. The summed E-state index contributed by atoms with van der Waals surface area (Å²) in [6, 6.07) is 16.8. The molecule has 2 atom stereocenters. The van der Waals surface area contributed by atoms with E-state index in [4.69, 9.17) is 0 Å². The summed E-state index contributed by atoms with van der Waals surface area (Å²) < 4.78 is 13.5. The van der Waals surface area contributed by atoms with Crippen molar-refractivity contribution in [2.45, 2.75) is 18.8 Å². The van der Waals surface area contributed by atoms with Crippen LogP contribution < -0.4 is 5.32 Å². The Labute approximate surface area is 124 Å². The van der Waals surface area contributed by atoms with E-state index in [-0.39, 0.29) is 17.6 Å². The predicted octanol–water partition coefficient (Wildman–Crippen LogP) is 3.29. The van der Waals surface area contributed by atoms with Gasteiger partial charge in [0.05, 0.1) is 0 Å². The van der Waals surface area contributed by atoms with Gasteiger partial charge in [-0.1, -0.05) is 48.5 Å². The van der Waals surface area contributed by atoms with Crippen LogP contribution in [0.4, 0.5) is 4.39 Å². The van der Waals surface area contributed by atoms with Crippen LogP contribution in [0.15, 0.2) is 54.6 Å². The number of hydrogen-bond donors (Lipinski definition) is 1. The first kappa shape index (κ1) is 13.8. The molecular formula is C18H18FNO. The summed E-state index contributed by atoms with van der Waals surface area (Å²) in [5.41, 5.74) is 1.87. The maximum Gasteiger partial charge on any atom is 0.223 e. The molecule has 0 saturated heterocycles. The molecule has 1 fully saturated rings. The van der Waals surface area contributed by atoms with Crippen LogP contribution in [0.3, 0.4) is 0 Å². The van der Waals surface area contributed by atoms with Crippen molar-refractivity contribution >= 4 is 5.91 Å². The number of rotatable bonds is 5. The minimum atomic E-state index is -0.208. The van der Waals surface area contributed by atoms with Crippen molar-refractivity contribution in [1.82, 2.24) is 5.32 Å². The molecule has 0 aliphatic heterocycles. The maximum atomic E-state index is 13.5. The van der Waals surface area contributed by atoms with Gasteiger partial charge in [0.25, 0.3) is 0 Å². The molecule has 2 nitrogen and oxygen atoms in total. The molecule has 1 aliphatic rings. The second kappa shape index (κ2) is 6.08. The van der Waals surface area contributed by atoms with Crippen molar-refractivity contribution in [2.75, 3.05) is 6.54 Å². The molecule has 1 amide bonds. The van der Waals surface area contributed by atoms with E-state index >= 15 is 0 Å². The van der Waals surface area contributed by atoms with Crippen LogP contribution in [0.1, 0.15) is 23.5 Å². The second-order valence-corrected chi connectivity index (χ2v) is 5.49.